The summed E-state index contributed by atoms with van der Waals surface area (Å²) in [4.78, 5) is 45.0. The smallest absolute Gasteiger partial charge is 0.253 e. The first-order valence-corrected chi connectivity index (χ1v) is 9.38. The molecular weight excluding hydrogens is 348 g/mol. The Kier molecular flexibility index (Phi) is 7.72. The number of pyridine rings is 1. The summed E-state index contributed by atoms with van der Waals surface area (Å²) in [5.41, 5.74) is 0.447. The second kappa shape index (κ2) is 10.0. The number of rotatable bonds is 8. The van der Waals surface area contributed by atoms with Crippen molar-refractivity contribution in [1.29, 1.82) is 0 Å². The molecule has 0 aromatic carbocycles. The molecule has 3 amide bonds. The number of ether oxygens (including phenoxy) is 1. The van der Waals surface area contributed by atoms with Gasteiger partial charge < -0.3 is 19.9 Å². The van der Waals surface area contributed by atoms with E-state index in [1.807, 2.05) is 20.8 Å². The van der Waals surface area contributed by atoms with E-state index in [1.54, 1.807) is 23.2 Å². The molecule has 148 valence electrons. The highest BCUT2D eigenvalue weighted by Crippen LogP contribution is 2.21. The molecule has 1 aromatic rings. The Hall–Kier alpha value is -2.48. The van der Waals surface area contributed by atoms with Crippen molar-refractivity contribution in [3.8, 4) is 0 Å². The van der Waals surface area contributed by atoms with Gasteiger partial charge in [0.25, 0.3) is 5.91 Å². The minimum Gasteiger partial charge on any atom is -0.372 e. The summed E-state index contributed by atoms with van der Waals surface area (Å²) in [6.45, 7) is 7.42. The molecule has 0 spiro atoms. The summed E-state index contributed by atoms with van der Waals surface area (Å²) in [5.74, 6) is -0.593. The number of carbonyl (C=O) groups is 3. The van der Waals surface area contributed by atoms with Crippen molar-refractivity contribution in [2.24, 2.45) is 0 Å². The molecule has 1 N–H and O–H groups in total. The van der Waals surface area contributed by atoms with Crippen LogP contribution in [0.2, 0.25) is 0 Å². The highest BCUT2D eigenvalue weighted by atomic mass is 16.5. The number of nitrogens with one attached hydrogen (secondary N) is 1. The maximum Gasteiger partial charge on any atom is 0.253 e. The van der Waals surface area contributed by atoms with E-state index in [2.05, 4.69) is 10.3 Å². The molecule has 0 radical (unpaired) electrons. The van der Waals surface area contributed by atoms with Crippen LogP contribution in [0.1, 0.15) is 37.6 Å². The Morgan fingerprint density at radius 2 is 2.04 bits per heavy atom. The molecule has 0 saturated carbocycles. The Morgan fingerprint density at radius 3 is 2.63 bits per heavy atom. The van der Waals surface area contributed by atoms with Crippen LogP contribution < -0.4 is 5.32 Å². The lowest BCUT2D eigenvalue weighted by molar-refractivity contribution is -0.146. The van der Waals surface area contributed by atoms with E-state index in [-0.39, 0.29) is 36.9 Å². The van der Waals surface area contributed by atoms with Crippen LogP contribution in [0.15, 0.2) is 24.5 Å². The van der Waals surface area contributed by atoms with E-state index in [1.165, 1.54) is 11.1 Å². The second-order valence-electron chi connectivity index (χ2n) is 6.36. The van der Waals surface area contributed by atoms with Gasteiger partial charge in [-0.2, -0.15) is 0 Å². The summed E-state index contributed by atoms with van der Waals surface area (Å²) >= 11 is 0. The fourth-order valence-electron chi connectivity index (χ4n) is 3.23. The predicted octanol–water partition coefficient (Wildman–Crippen LogP) is 0.686. The number of likely N-dealkylation sites (tertiary alicyclic amines) is 1. The van der Waals surface area contributed by atoms with Crippen molar-refractivity contribution < 1.29 is 19.1 Å². The van der Waals surface area contributed by atoms with Gasteiger partial charge >= 0.3 is 0 Å². The van der Waals surface area contributed by atoms with Crippen LogP contribution in [0, 0.1) is 0 Å². The molecule has 1 aliphatic rings. The maximum atomic E-state index is 12.9. The molecule has 0 bridgehead atoms. The number of amides is 3. The Balaban J connectivity index is 2.11. The van der Waals surface area contributed by atoms with Crippen LogP contribution in [-0.2, 0) is 14.3 Å². The van der Waals surface area contributed by atoms with Gasteiger partial charge in [-0.3, -0.25) is 19.4 Å². The maximum absolute atomic E-state index is 12.9. The van der Waals surface area contributed by atoms with Crippen molar-refractivity contribution in [2.75, 3.05) is 32.8 Å². The summed E-state index contributed by atoms with van der Waals surface area (Å²) in [6, 6.07) is 2.48. The van der Waals surface area contributed by atoms with Gasteiger partial charge in [0.15, 0.2) is 0 Å². The number of hydrogen-bond acceptors (Lipinski definition) is 5. The van der Waals surface area contributed by atoms with Gasteiger partial charge in [-0.05, 0) is 39.3 Å². The molecule has 1 aliphatic heterocycles. The van der Waals surface area contributed by atoms with Crippen LogP contribution >= 0.6 is 0 Å². The highest BCUT2D eigenvalue weighted by molar-refractivity contribution is 5.94. The van der Waals surface area contributed by atoms with Crippen LogP contribution in [-0.4, -0.2) is 77.4 Å². The molecule has 8 heteroatoms. The van der Waals surface area contributed by atoms with Gasteiger partial charge in [0.1, 0.15) is 12.6 Å². The van der Waals surface area contributed by atoms with Gasteiger partial charge in [-0.1, -0.05) is 0 Å². The topological polar surface area (TPSA) is 91.8 Å². The third-order valence-electron chi connectivity index (χ3n) is 4.67. The first-order chi connectivity index (χ1) is 13.0. The molecule has 8 nitrogen and oxygen atoms in total. The summed E-state index contributed by atoms with van der Waals surface area (Å²) < 4.78 is 5.22. The van der Waals surface area contributed by atoms with Crippen LogP contribution in [0.3, 0.4) is 0 Å². The standard InChI is InChI=1S/C19H28N4O4/c1-4-22(5-2)19(26)16-10-15(12-23(16)17(24)13-27-6-3)21-18(25)14-8-7-9-20-11-14/h7-9,11,15-16H,4-6,10,12-13H2,1-3H3,(H,21,25)/t15-,16+/m1/s1. The third-order valence-corrected chi connectivity index (χ3v) is 4.67. The van der Waals surface area contributed by atoms with Crippen LogP contribution in [0.4, 0.5) is 0 Å². The van der Waals surface area contributed by atoms with Crippen molar-refractivity contribution >= 4 is 17.7 Å². The second-order valence-corrected chi connectivity index (χ2v) is 6.36. The van der Waals surface area contributed by atoms with E-state index in [9.17, 15) is 14.4 Å². The number of hydrogen-bond donors (Lipinski definition) is 1. The van der Waals surface area contributed by atoms with E-state index in [0.717, 1.165) is 0 Å². The molecule has 1 saturated heterocycles. The minimum atomic E-state index is -0.586. The zero-order valence-electron chi connectivity index (χ0n) is 16.2. The lowest BCUT2D eigenvalue weighted by atomic mass is 10.1. The molecule has 2 atom stereocenters. The normalized spacial score (nSPS) is 19.0. The fraction of sp³-hybridized carbons (Fsp3) is 0.579. The highest BCUT2D eigenvalue weighted by Gasteiger charge is 2.41. The molecule has 2 heterocycles. The van der Waals surface area contributed by atoms with E-state index < -0.39 is 6.04 Å². The lowest BCUT2D eigenvalue weighted by Gasteiger charge is -2.28. The largest absolute Gasteiger partial charge is 0.372 e. The molecule has 0 unspecified atom stereocenters. The van der Waals surface area contributed by atoms with Gasteiger partial charge in [-0.15, -0.1) is 0 Å². The zero-order chi connectivity index (χ0) is 19.8. The Morgan fingerprint density at radius 1 is 1.30 bits per heavy atom. The SMILES string of the molecule is CCOCC(=O)N1C[C@H](NC(=O)c2cccnc2)C[C@H]1C(=O)N(CC)CC. The fourth-order valence-corrected chi connectivity index (χ4v) is 3.23. The van der Waals surface area contributed by atoms with Crippen LogP contribution in [0.25, 0.3) is 0 Å². The van der Waals surface area contributed by atoms with Crippen molar-refractivity contribution in [3.05, 3.63) is 30.1 Å². The average Bonchev–Trinajstić information content (AvgIpc) is 3.11. The monoisotopic (exact) mass is 376 g/mol. The Labute approximate surface area is 159 Å². The van der Waals surface area contributed by atoms with Gasteiger partial charge in [0, 0.05) is 44.7 Å². The first-order valence-electron chi connectivity index (χ1n) is 9.38. The molecule has 2 rings (SSSR count). The molecular formula is C19H28N4O4. The van der Waals surface area contributed by atoms with Gasteiger partial charge in [0.2, 0.25) is 11.8 Å². The van der Waals surface area contributed by atoms with Crippen molar-refractivity contribution in [3.63, 3.8) is 0 Å². The lowest BCUT2D eigenvalue weighted by Crippen LogP contribution is -2.48. The molecule has 1 fully saturated rings. The quantitative estimate of drug-likeness (QED) is 0.721. The molecule has 27 heavy (non-hydrogen) atoms. The van der Waals surface area contributed by atoms with E-state index in [4.69, 9.17) is 4.74 Å². The molecule has 1 aromatic heterocycles. The van der Waals surface area contributed by atoms with Gasteiger partial charge in [-0.25, -0.2) is 0 Å². The minimum absolute atomic E-state index is 0.0677. The predicted molar refractivity (Wildman–Crippen MR) is 100 cm³/mol. The number of nitrogens with zero attached hydrogens (tertiary/aromatic N) is 3. The first kappa shape index (κ1) is 20.8. The number of likely N-dealkylation sites (N-methyl/N-ethyl adjacent to an activating group) is 1. The average molecular weight is 376 g/mol. The summed E-state index contributed by atoms with van der Waals surface area (Å²) in [6.07, 6.45) is 3.47. The number of carbonyl (C=O) groups excluding carboxylic acids is 3. The van der Waals surface area contributed by atoms with Crippen molar-refractivity contribution in [1.82, 2.24) is 20.1 Å². The summed E-state index contributed by atoms with van der Waals surface area (Å²) in [7, 11) is 0. The van der Waals surface area contributed by atoms with E-state index in [0.29, 0.717) is 31.7 Å². The summed E-state index contributed by atoms with van der Waals surface area (Å²) in [5, 5.41) is 2.91. The Bertz CT molecular complexity index is 648. The third kappa shape index (κ3) is 5.26. The van der Waals surface area contributed by atoms with E-state index >= 15 is 0 Å². The van der Waals surface area contributed by atoms with Crippen LogP contribution in [0.5, 0.6) is 0 Å². The van der Waals surface area contributed by atoms with Gasteiger partial charge in [0.05, 0.1) is 5.56 Å². The zero-order valence-corrected chi connectivity index (χ0v) is 16.2. The van der Waals surface area contributed by atoms with Crippen molar-refractivity contribution in [2.45, 2.75) is 39.3 Å². The molecule has 0 aliphatic carbocycles. The number of aromatic nitrogens is 1.